The minimum Gasteiger partial charge on any atom is -0.480 e. The number of carboxylic acids is 1. The number of nitrogens with zero attached hydrogens (tertiary/aromatic N) is 1. The summed E-state index contributed by atoms with van der Waals surface area (Å²) in [6.45, 7) is 0.136. The second-order valence-electron chi connectivity index (χ2n) is 9.03. The molecule has 0 radical (unpaired) electrons. The van der Waals surface area contributed by atoms with Gasteiger partial charge >= 0.3 is 5.97 Å². The van der Waals surface area contributed by atoms with Gasteiger partial charge in [0, 0.05) is 18.1 Å². The van der Waals surface area contributed by atoms with Crippen LogP contribution in [0.25, 0.3) is 11.1 Å². The largest absolute Gasteiger partial charge is 0.480 e. The van der Waals surface area contributed by atoms with Crippen molar-refractivity contribution in [1.29, 1.82) is 0 Å². The summed E-state index contributed by atoms with van der Waals surface area (Å²) in [6, 6.07) is 27.0. The highest BCUT2D eigenvalue weighted by Crippen LogP contribution is 2.45. The quantitative estimate of drug-likeness (QED) is 0.438. The smallest absolute Gasteiger partial charge is 0.322 e. The number of hydrogen-bond acceptors (Lipinski definition) is 5. The predicted molar refractivity (Wildman–Crippen MR) is 144 cm³/mol. The zero-order chi connectivity index (χ0) is 25.1. The van der Waals surface area contributed by atoms with Crippen LogP contribution in [0.4, 0.5) is 0 Å². The average molecular weight is 519 g/mol. The summed E-state index contributed by atoms with van der Waals surface area (Å²) in [5.41, 5.74) is 4.16. The number of carbonyl (C=O) groups is 3. The van der Waals surface area contributed by atoms with Gasteiger partial charge in [0.15, 0.2) is 0 Å². The molecule has 0 aromatic heterocycles. The first kappa shape index (κ1) is 24.5. The van der Waals surface area contributed by atoms with Gasteiger partial charge in [0.2, 0.25) is 11.8 Å². The van der Waals surface area contributed by atoms with Crippen LogP contribution in [0.15, 0.2) is 84.9 Å². The van der Waals surface area contributed by atoms with Gasteiger partial charge in [0.25, 0.3) is 0 Å². The molecule has 36 heavy (non-hydrogen) atoms. The van der Waals surface area contributed by atoms with E-state index in [1.807, 2.05) is 72.8 Å². The molecule has 3 atom stereocenters. The molecule has 0 saturated carbocycles. The molecule has 3 aromatic rings. The van der Waals surface area contributed by atoms with Crippen LogP contribution in [-0.4, -0.2) is 56.3 Å². The van der Waals surface area contributed by atoms with Gasteiger partial charge in [-0.05, 0) is 22.3 Å². The third kappa shape index (κ3) is 5.01. The molecule has 184 valence electrons. The lowest BCUT2D eigenvalue weighted by molar-refractivity contribution is -0.152. The van der Waals surface area contributed by atoms with E-state index in [9.17, 15) is 19.5 Å². The summed E-state index contributed by atoms with van der Waals surface area (Å²) in [5, 5.41) is 12.7. The predicted octanol–water partition coefficient (Wildman–Crippen LogP) is 4.05. The van der Waals surface area contributed by atoms with Gasteiger partial charge in [0.05, 0.1) is 6.42 Å². The second-order valence-corrected chi connectivity index (χ2v) is 11.5. The van der Waals surface area contributed by atoms with E-state index in [-0.39, 0.29) is 30.2 Å². The van der Waals surface area contributed by atoms with Crippen LogP contribution in [0.3, 0.4) is 0 Å². The number of benzene rings is 3. The summed E-state index contributed by atoms with van der Waals surface area (Å²) in [7, 11) is 0. The summed E-state index contributed by atoms with van der Waals surface area (Å²) in [6.07, 6.45) is 0.208. The van der Waals surface area contributed by atoms with Crippen LogP contribution in [-0.2, 0) is 26.6 Å². The van der Waals surface area contributed by atoms with Crippen LogP contribution in [0.5, 0.6) is 0 Å². The van der Waals surface area contributed by atoms with Crippen molar-refractivity contribution in [3.63, 3.8) is 0 Å². The van der Waals surface area contributed by atoms with Gasteiger partial charge in [-0.25, -0.2) is 0 Å². The van der Waals surface area contributed by atoms with Gasteiger partial charge in [-0.3, -0.25) is 14.4 Å². The molecule has 8 heteroatoms. The molecule has 0 aliphatic carbocycles. The van der Waals surface area contributed by atoms with E-state index >= 15 is 0 Å². The van der Waals surface area contributed by atoms with Gasteiger partial charge in [-0.2, -0.15) is 0 Å². The maximum atomic E-state index is 12.8. The number of carbonyl (C=O) groups excluding carboxylic acids is 2. The molecule has 6 nitrogen and oxygen atoms in total. The summed E-state index contributed by atoms with van der Waals surface area (Å²) < 4.78 is -1.09. The Kier molecular flexibility index (Phi) is 7.07. The Morgan fingerprint density at radius 2 is 1.58 bits per heavy atom. The SMILES string of the molecule is O=C(Cc1ccccc1)N[C@@H]1C(=O)N2CC(SCc3ccc(-c4ccccc4)cc3)(C(=O)O)CS[C@H]12. The lowest BCUT2D eigenvalue weighted by atomic mass is 10.0. The lowest BCUT2D eigenvalue weighted by Crippen LogP contribution is -2.74. The number of hydrogen-bond donors (Lipinski definition) is 2. The fraction of sp³-hybridized carbons (Fsp3) is 0.250. The topological polar surface area (TPSA) is 86.7 Å². The van der Waals surface area contributed by atoms with Crippen molar-refractivity contribution in [2.45, 2.75) is 28.3 Å². The number of thioether (sulfide) groups is 2. The molecule has 2 saturated heterocycles. The molecule has 2 heterocycles. The fourth-order valence-electron chi connectivity index (χ4n) is 4.48. The normalized spacial score (nSPS) is 22.9. The van der Waals surface area contributed by atoms with Crippen molar-refractivity contribution in [3.05, 3.63) is 96.1 Å². The number of nitrogens with one attached hydrogen (secondary N) is 1. The fourth-order valence-corrected chi connectivity index (χ4v) is 7.40. The Balaban J connectivity index is 1.19. The van der Waals surface area contributed by atoms with Crippen molar-refractivity contribution in [1.82, 2.24) is 10.2 Å². The van der Waals surface area contributed by atoms with Crippen molar-refractivity contribution in [3.8, 4) is 11.1 Å². The van der Waals surface area contributed by atoms with E-state index in [0.29, 0.717) is 11.5 Å². The number of amides is 2. The Hall–Kier alpha value is -3.23. The molecular formula is C28H26N2O4S2. The van der Waals surface area contributed by atoms with E-state index < -0.39 is 16.8 Å². The average Bonchev–Trinajstić information content (AvgIpc) is 2.91. The molecular weight excluding hydrogens is 492 g/mol. The zero-order valence-corrected chi connectivity index (χ0v) is 21.1. The van der Waals surface area contributed by atoms with Gasteiger partial charge in [-0.1, -0.05) is 84.9 Å². The Labute approximate surface area is 218 Å². The number of aliphatic carboxylic acids is 1. The van der Waals surface area contributed by atoms with Crippen LogP contribution in [0.2, 0.25) is 0 Å². The molecule has 2 fully saturated rings. The molecule has 5 rings (SSSR count). The lowest BCUT2D eigenvalue weighted by Gasteiger charge is -2.53. The van der Waals surface area contributed by atoms with E-state index in [4.69, 9.17) is 0 Å². The Morgan fingerprint density at radius 1 is 0.944 bits per heavy atom. The van der Waals surface area contributed by atoms with Gasteiger partial charge in [0.1, 0.15) is 16.2 Å². The minimum atomic E-state index is -1.09. The summed E-state index contributed by atoms with van der Waals surface area (Å²) in [4.78, 5) is 39.2. The molecule has 2 N–H and O–H groups in total. The van der Waals surface area contributed by atoms with Crippen LogP contribution >= 0.6 is 23.5 Å². The van der Waals surface area contributed by atoms with Crippen molar-refractivity contribution in [2.75, 3.05) is 12.3 Å². The summed E-state index contributed by atoms with van der Waals surface area (Å²) in [5.74, 6) is -0.431. The van der Waals surface area contributed by atoms with Crippen molar-refractivity contribution < 1.29 is 19.5 Å². The number of rotatable bonds is 8. The van der Waals surface area contributed by atoms with Crippen LogP contribution in [0.1, 0.15) is 11.1 Å². The number of carboxylic acid groups (broad SMARTS) is 1. The number of β-lactam (4-membered cyclic amide) rings is 1. The molecule has 2 aliphatic heterocycles. The maximum Gasteiger partial charge on any atom is 0.322 e. The van der Waals surface area contributed by atoms with Crippen LogP contribution < -0.4 is 5.32 Å². The highest BCUT2D eigenvalue weighted by Gasteiger charge is 2.57. The van der Waals surface area contributed by atoms with Gasteiger partial charge < -0.3 is 15.3 Å². The third-order valence-electron chi connectivity index (χ3n) is 6.54. The Morgan fingerprint density at radius 3 is 2.25 bits per heavy atom. The van der Waals surface area contributed by atoms with Crippen LogP contribution in [0, 0.1) is 0 Å². The molecule has 0 bridgehead atoms. The number of fused-ring (bicyclic) bond motifs is 1. The standard InChI is InChI=1S/C28H26N2O4S2/c31-23(15-19-7-3-1-4-8-19)29-24-25(32)30-17-28(27(33)34,18-35-26(24)30)36-16-20-11-13-22(14-12-20)21-9-5-2-6-10-21/h1-14,24,26H,15-18H2,(H,29,31)(H,33,34)/t24-,26-,28?/m1/s1. The van der Waals surface area contributed by atoms with E-state index in [1.165, 1.54) is 23.5 Å². The zero-order valence-electron chi connectivity index (χ0n) is 19.5. The van der Waals surface area contributed by atoms with Crippen molar-refractivity contribution in [2.24, 2.45) is 0 Å². The van der Waals surface area contributed by atoms with E-state index in [2.05, 4.69) is 17.4 Å². The third-order valence-corrected chi connectivity index (χ3v) is 9.73. The molecule has 2 amide bonds. The first-order valence-electron chi connectivity index (χ1n) is 11.7. The highest BCUT2D eigenvalue weighted by atomic mass is 32.2. The highest BCUT2D eigenvalue weighted by molar-refractivity contribution is 8.04. The van der Waals surface area contributed by atoms with E-state index in [0.717, 1.165) is 22.3 Å². The second kappa shape index (κ2) is 10.4. The minimum absolute atomic E-state index is 0.136. The van der Waals surface area contributed by atoms with E-state index in [1.54, 1.807) is 4.90 Å². The molecule has 0 spiro atoms. The maximum absolute atomic E-state index is 12.8. The summed E-state index contributed by atoms with van der Waals surface area (Å²) >= 11 is 2.80. The van der Waals surface area contributed by atoms with Gasteiger partial charge in [-0.15, -0.1) is 23.5 Å². The molecule has 3 aromatic carbocycles. The Bertz CT molecular complexity index is 1250. The monoisotopic (exact) mass is 518 g/mol. The molecule has 1 unspecified atom stereocenters. The van der Waals surface area contributed by atoms with Crippen molar-refractivity contribution >= 4 is 41.3 Å². The first-order valence-corrected chi connectivity index (χ1v) is 13.8. The molecule has 2 aliphatic rings. The first-order chi connectivity index (χ1) is 17.4.